The van der Waals surface area contributed by atoms with Crippen LogP contribution in [0.2, 0.25) is 0 Å². The van der Waals surface area contributed by atoms with Gasteiger partial charge in [0.05, 0.1) is 45.9 Å². The van der Waals surface area contributed by atoms with Crippen molar-refractivity contribution in [1.29, 1.82) is 0 Å². The fraction of sp³-hybridized carbons (Fsp3) is 0.406. The smallest absolute Gasteiger partial charge is 0.242 e. The quantitative estimate of drug-likeness (QED) is 0.282. The van der Waals surface area contributed by atoms with Crippen LogP contribution in [-0.4, -0.2) is 39.2 Å². The van der Waals surface area contributed by atoms with E-state index in [1.165, 1.54) is 6.92 Å². The van der Waals surface area contributed by atoms with Gasteiger partial charge in [-0.2, -0.15) is 0 Å². The summed E-state index contributed by atoms with van der Waals surface area (Å²) < 4.78 is 22.4. The van der Waals surface area contributed by atoms with Crippen LogP contribution in [-0.2, 0) is 22.6 Å². The first-order chi connectivity index (χ1) is 20.3. The summed E-state index contributed by atoms with van der Waals surface area (Å²) >= 11 is 0. The van der Waals surface area contributed by atoms with E-state index in [1.807, 2.05) is 19.1 Å². The number of rotatable bonds is 12. The van der Waals surface area contributed by atoms with Gasteiger partial charge in [-0.1, -0.05) is 25.8 Å². The van der Waals surface area contributed by atoms with E-state index in [1.54, 1.807) is 51.9 Å². The highest BCUT2D eigenvalue weighted by molar-refractivity contribution is 5.86. The van der Waals surface area contributed by atoms with Gasteiger partial charge < -0.3 is 34.6 Å². The lowest BCUT2D eigenvalue weighted by molar-refractivity contribution is -0.122. The van der Waals surface area contributed by atoms with E-state index in [4.69, 9.17) is 18.6 Å². The van der Waals surface area contributed by atoms with Crippen LogP contribution in [0.4, 0.5) is 5.69 Å². The third kappa shape index (κ3) is 6.70. The van der Waals surface area contributed by atoms with Crippen molar-refractivity contribution in [3.8, 4) is 28.4 Å². The summed E-state index contributed by atoms with van der Waals surface area (Å²) in [5.41, 5.74) is 3.05. The Kier molecular flexibility index (Phi) is 10.1. The average Bonchev–Trinajstić information content (AvgIpc) is 3.40. The molecule has 10 nitrogen and oxygen atoms in total. The second-order valence-corrected chi connectivity index (χ2v) is 10.2. The molecule has 4 rings (SSSR count). The lowest BCUT2D eigenvalue weighted by atomic mass is 9.95. The number of ether oxygens (including phenoxy) is 3. The maximum Gasteiger partial charge on any atom is 0.242 e. The van der Waals surface area contributed by atoms with Gasteiger partial charge in [0.1, 0.15) is 11.8 Å². The molecule has 3 N–H and O–H groups in total. The Morgan fingerprint density at radius 3 is 2.50 bits per heavy atom. The van der Waals surface area contributed by atoms with Crippen LogP contribution in [0.15, 0.2) is 51.9 Å². The first-order valence-electron chi connectivity index (χ1n) is 14.1. The van der Waals surface area contributed by atoms with Crippen LogP contribution in [0.25, 0.3) is 11.1 Å². The minimum Gasteiger partial charge on any atom is -0.493 e. The van der Waals surface area contributed by atoms with E-state index in [2.05, 4.69) is 16.0 Å². The van der Waals surface area contributed by atoms with Gasteiger partial charge in [0.15, 0.2) is 11.5 Å². The highest BCUT2D eigenvalue weighted by atomic mass is 16.5. The molecule has 42 heavy (non-hydrogen) atoms. The third-order valence-electron chi connectivity index (χ3n) is 7.43. The number of unbranched alkanes of at least 4 members (excludes halogenated alkanes) is 1. The van der Waals surface area contributed by atoms with Crippen molar-refractivity contribution in [2.45, 2.75) is 64.6 Å². The fourth-order valence-electron chi connectivity index (χ4n) is 5.40. The van der Waals surface area contributed by atoms with Crippen LogP contribution >= 0.6 is 0 Å². The van der Waals surface area contributed by atoms with Gasteiger partial charge in [-0.3, -0.25) is 14.4 Å². The number of nitrogens with one attached hydrogen (secondary N) is 3. The van der Waals surface area contributed by atoms with Crippen LogP contribution in [0, 0.1) is 0 Å². The molecule has 0 saturated carbocycles. The van der Waals surface area contributed by atoms with E-state index < -0.39 is 12.1 Å². The molecule has 2 atom stereocenters. The van der Waals surface area contributed by atoms with Crippen molar-refractivity contribution in [2.24, 2.45) is 0 Å². The van der Waals surface area contributed by atoms with Gasteiger partial charge in [-0.25, -0.2) is 0 Å². The zero-order valence-electron chi connectivity index (χ0n) is 24.8. The predicted molar refractivity (Wildman–Crippen MR) is 160 cm³/mol. The largest absolute Gasteiger partial charge is 0.493 e. The number of furan rings is 1. The minimum absolute atomic E-state index is 0.204. The molecule has 2 aromatic carbocycles. The zero-order valence-corrected chi connectivity index (χ0v) is 24.8. The number of aryl methyl sites for hydroxylation is 1. The van der Waals surface area contributed by atoms with E-state index in [0.717, 1.165) is 29.5 Å². The zero-order chi connectivity index (χ0) is 30.2. The number of benzene rings is 1. The molecule has 0 saturated heterocycles. The van der Waals surface area contributed by atoms with Crippen molar-refractivity contribution in [3.05, 3.63) is 69.8 Å². The van der Waals surface area contributed by atoms with Gasteiger partial charge in [-0.05, 0) is 66.3 Å². The molecular formula is C32H39N3O7. The van der Waals surface area contributed by atoms with Gasteiger partial charge in [0, 0.05) is 12.5 Å². The van der Waals surface area contributed by atoms with Crippen molar-refractivity contribution in [1.82, 2.24) is 10.6 Å². The highest BCUT2D eigenvalue weighted by Crippen LogP contribution is 2.50. The summed E-state index contributed by atoms with van der Waals surface area (Å²) in [6.45, 7) is 3.75. The van der Waals surface area contributed by atoms with Crippen molar-refractivity contribution in [2.75, 3.05) is 26.6 Å². The minimum atomic E-state index is -0.632. The summed E-state index contributed by atoms with van der Waals surface area (Å²) in [7, 11) is 4.67. The summed E-state index contributed by atoms with van der Waals surface area (Å²) in [4.78, 5) is 39.1. The van der Waals surface area contributed by atoms with Crippen LogP contribution in [0.3, 0.4) is 0 Å². The fourth-order valence-corrected chi connectivity index (χ4v) is 5.40. The molecule has 224 valence electrons. The Balaban J connectivity index is 1.81. The molecule has 0 bridgehead atoms. The summed E-state index contributed by atoms with van der Waals surface area (Å²) in [5.74, 6) is 1.64. The van der Waals surface area contributed by atoms with E-state index in [-0.39, 0.29) is 29.5 Å². The lowest BCUT2D eigenvalue weighted by Crippen LogP contribution is -2.40. The standard InChI is InChI=1S/C32H39N3O7/c1-6-7-10-26(32(38)33-18-21-9-8-15-42-21)35-25-14-12-22-23(17-27(25)37)24(34-19(2)36)13-11-20-16-28(39-3)30(40-4)31(41-5)29(20)22/h8-9,12,14-17,24,26H,6-7,10-11,13,18H2,1-5H3,(H,33,38)(H,34,36)(H,35,37)/t24-,26?/m0/s1. The molecule has 0 spiro atoms. The molecule has 0 radical (unpaired) electrons. The normalized spacial score (nSPS) is 14.5. The Morgan fingerprint density at radius 1 is 1.07 bits per heavy atom. The van der Waals surface area contributed by atoms with E-state index in [0.29, 0.717) is 47.8 Å². The van der Waals surface area contributed by atoms with Crippen molar-refractivity contribution >= 4 is 17.5 Å². The van der Waals surface area contributed by atoms with Gasteiger partial charge in [-0.15, -0.1) is 0 Å². The maximum atomic E-state index is 13.7. The maximum absolute atomic E-state index is 13.7. The van der Waals surface area contributed by atoms with E-state index >= 15 is 0 Å². The number of amides is 2. The monoisotopic (exact) mass is 577 g/mol. The molecule has 2 amide bonds. The number of hydrogen-bond acceptors (Lipinski definition) is 8. The molecule has 1 aromatic heterocycles. The molecule has 0 aliphatic heterocycles. The molecule has 1 aliphatic carbocycles. The summed E-state index contributed by atoms with van der Waals surface area (Å²) in [6, 6.07) is 9.47. The van der Waals surface area contributed by atoms with Gasteiger partial charge in [0.25, 0.3) is 0 Å². The molecule has 10 heteroatoms. The van der Waals surface area contributed by atoms with Gasteiger partial charge in [0.2, 0.25) is 23.0 Å². The van der Waals surface area contributed by atoms with Crippen LogP contribution in [0.5, 0.6) is 17.2 Å². The Hall–Kier alpha value is -4.47. The molecule has 1 unspecified atom stereocenters. The summed E-state index contributed by atoms with van der Waals surface area (Å²) in [6.07, 6.45) is 4.94. The van der Waals surface area contributed by atoms with Gasteiger partial charge >= 0.3 is 0 Å². The molecule has 1 aliphatic rings. The topological polar surface area (TPSA) is 128 Å². The molecule has 0 fully saturated rings. The molecule has 3 aromatic rings. The molecular weight excluding hydrogens is 538 g/mol. The van der Waals surface area contributed by atoms with Crippen LogP contribution < -0.4 is 35.6 Å². The number of hydrogen-bond donors (Lipinski definition) is 3. The second-order valence-electron chi connectivity index (χ2n) is 10.2. The van der Waals surface area contributed by atoms with Crippen molar-refractivity contribution in [3.63, 3.8) is 0 Å². The summed E-state index contributed by atoms with van der Waals surface area (Å²) in [5, 5.41) is 9.11. The number of fused-ring (bicyclic) bond motifs is 3. The Morgan fingerprint density at radius 2 is 1.86 bits per heavy atom. The Bertz CT molecular complexity index is 1470. The average molecular weight is 578 g/mol. The first kappa shape index (κ1) is 30.5. The number of anilines is 1. The van der Waals surface area contributed by atoms with E-state index in [9.17, 15) is 14.4 Å². The molecule has 1 heterocycles. The number of methoxy groups -OCH3 is 3. The first-order valence-corrected chi connectivity index (χ1v) is 14.1. The number of carbonyl (C=O) groups is 2. The second kappa shape index (κ2) is 13.9. The Labute approximate surface area is 245 Å². The number of carbonyl (C=O) groups excluding carboxylic acids is 2. The third-order valence-corrected chi connectivity index (χ3v) is 7.43. The highest BCUT2D eigenvalue weighted by Gasteiger charge is 2.30. The van der Waals surface area contributed by atoms with Crippen LogP contribution in [0.1, 0.15) is 62.5 Å². The van der Waals surface area contributed by atoms with Crippen molar-refractivity contribution < 1.29 is 28.2 Å². The lowest BCUT2D eigenvalue weighted by Gasteiger charge is -2.19. The SMILES string of the molecule is CCCCC(Nc1ccc2c(cc1=O)[C@@H](NC(C)=O)CCc1cc(OC)c(OC)c(OC)c1-2)C(=O)NCc1ccco1. The predicted octanol–water partition coefficient (Wildman–Crippen LogP) is 4.74.